The normalized spacial score (nSPS) is 10.9. The molecule has 2 rings (SSSR count). The molecule has 0 saturated carbocycles. The molecule has 0 aliphatic carbocycles. The number of ether oxygens (including phenoxy) is 1. The number of nitrogens with one attached hydrogen (secondary N) is 2. The highest BCUT2D eigenvalue weighted by atomic mass is 35.5. The van der Waals surface area contributed by atoms with Crippen LogP contribution in [0, 0.1) is 0 Å². The summed E-state index contributed by atoms with van der Waals surface area (Å²) in [4.78, 5) is 24.9. The molecule has 0 saturated heterocycles. The number of para-hydroxylation sites is 1. The van der Waals surface area contributed by atoms with Gasteiger partial charge in [0.05, 0.1) is 35.3 Å². The number of halogens is 1. The third-order valence-electron chi connectivity index (χ3n) is 4.09. The summed E-state index contributed by atoms with van der Waals surface area (Å²) in [7, 11) is -2.35. The highest BCUT2D eigenvalue weighted by Crippen LogP contribution is 2.30. The number of amides is 2. The van der Waals surface area contributed by atoms with Crippen molar-refractivity contribution in [1.82, 2.24) is 5.32 Å². The Morgan fingerprint density at radius 1 is 1.17 bits per heavy atom. The van der Waals surface area contributed by atoms with E-state index >= 15 is 0 Å². The first-order valence-electron chi connectivity index (χ1n) is 9.15. The molecule has 0 aromatic heterocycles. The third-order valence-corrected chi connectivity index (χ3v) is 5.53. The summed E-state index contributed by atoms with van der Waals surface area (Å²) >= 11 is 6.10. The Morgan fingerprint density at radius 3 is 2.47 bits per heavy atom. The smallest absolute Gasteiger partial charge is 0.253 e. The fourth-order valence-corrected chi connectivity index (χ4v) is 3.75. The zero-order chi connectivity index (χ0) is 22.3. The van der Waals surface area contributed by atoms with Crippen molar-refractivity contribution >= 4 is 44.8 Å². The van der Waals surface area contributed by atoms with Crippen LogP contribution >= 0.6 is 11.6 Å². The standard InChI is InChI=1S/C20H24ClN3O5S/c1-4-11-22-20(26)15-7-5-6-8-17(15)23-19(25)13-24(30(3,27)28)14-9-10-18(29-2)16(21)12-14/h5-10,12H,4,11,13H2,1-3H3,(H,22,26)(H,23,25). The molecule has 0 fully saturated rings. The number of carbonyl (C=O) groups is 2. The number of rotatable bonds is 9. The largest absolute Gasteiger partial charge is 0.495 e. The average molecular weight is 454 g/mol. The van der Waals surface area contributed by atoms with Gasteiger partial charge < -0.3 is 15.4 Å². The van der Waals surface area contributed by atoms with Crippen LogP contribution in [0.3, 0.4) is 0 Å². The van der Waals surface area contributed by atoms with Crippen LogP contribution in [-0.2, 0) is 14.8 Å². The lowest BCUT2D eigenvalue weighted by Gasteiger charge is -2.22. The molecule has 2 N–H and O–H groups in total. The topological polar surface area (TPSA) is 105 Å². The van der Waals surface area contributed by atoms with Crippen LogP contribution in [0.1, 0.15) is 23.7 Å². The molecule has 2 aromatic carbocycles. The lowest BCUT2D eigenvalue weighted by molar-refractivity contribution is -0.114. The van der Waals surface area contributed by atoms with E-state index in [0.717, 1.165) is 17.0 Å². The molecule has 162 valence electrons. The second kappa shape index (κ2) is 10.3. The molecule has 0 aliphatic rings. The van der Waals surface area contributed by atoms with Crippen LogP contribution in [0.25, 0.3) is 0 Å². The van der Waals surface area contributed by atoms with Gasteiger partial charge in [-0.2, -0.15) is 0 Å². The fraction of sp³-hybridized carbons (Fsp3) is 0.300. The molecule has 2 aromatic rings. The summed E-state index contributed by atoms with van der Waals surface area (Å²) in [6.07, 6.45) is 1.76. The first-order chi connectivity index (χ1) is 14.2. The Bertz CT molecular complexity index is 1030. The average Bonchev–Trinajstić information content (AvgIpc) is 2.69. The molecule has 0 heterocycles. The molecule has 0 atom stereocenters. The quantitative estimate of drug-likeness (QED) is 0.607. The Kier molecular flexibility index (Phi) is 8.08. The SMILES string of the molecule is CCCNC(=O)c1ccccc1NC(=O)CN(c1ccc(OC)c(Cl)c1)S(C)(=O)=O. The molecule has 10 heteroatoms. The molecule has 0 spiro atoms. The Morgan fingerprint density at radius 2 is 1.87 bits per heavy atom. The van der Waals surface area contributed by atoms with Crippen molar-refractivity contribution < 1.29 is 22.7 Å². The van der Waals surface area contributed by atoms with Crippen LogP contribution in [-0.4, -0.2) is 46.7 Å². The number of methoxy groups -OCH3 is 1. The lowest BCUT2D eigenvalue weighted by Crippen LogP contribution is -2.37. The summed E-state index contributed by atoms with van der Waals surface area (Å²) in [5.74, 6) is -0.553. The minimum Gasteiger partial charge on any atom is -0.495 e. The maximum Gasteiger partial charge on any atom is 0.253 e. The van der Waals surface area contributed by atoms with Crippen LogP contribution in [0.4, 0.5) is 11.4 Å². The first-order valence-corrected chi connectivity index (χ1v) is 11.4. The predicted molar refractivity (Wildman–Crippen MR) is 118 cm³/mol. The third kappa shape index (κ3) is 6.11. The second-order valence-electron chi connectivity index (χ2n) is 6.44. The van der Waals surface area contributed by atoms with Crippen molar-refractivity contribution in [3.63, 3.8) is 0 Å². The van der Waals surface area contributed by atoms with Crippen LogP contribution in [0.2, 0.25) is 5.02 Å². The highest BCUT2D eigenvalue weighted by Gasteiger charge is 2.23. The van der Waals surface area contributed by atoms with Gasteiger partial charge >= 0.3 is 0 Å². The van der Waals surface area contributed by atoms with Gasteiger partial charge in [-0.05, 0) is 36.8 Å². The van der Waals surface area contributed by atoms with Crippen molar-refractivity contribution in [2.24, 2.45) is 0 Å². The minimum absolute atomic E-state index is 0.210. The van der Waals surface area contributed by atoms with Crippen LogP contribution in [0.15, 0.2) is 42.5 Å². The van der Waals surface area contributed by atoms with Crippen LogP contribution in [0.5, 0.6) is 5.75 Å². The molecule has 0 radical (unpaired) electrons. The van der Waals surface area contributed by atoms with E-state index < -0.39 is 22.5 Å². The van der Waals surface area contributed by atoms with Gasteiger partial charge in [0.2, 0.25) is 15.9 Å². The van der Waals surface area contributed by atoms with E-state index in [1.165, 1.54) is 25.3 Å². The number of sulfonamides is 1. The Balaban J connectivity index is 2.24. The van der Waals surface area contributed by atoms with Gasteiger partial charge in [-0.3, -0.25) is 13.9 Å². The van der Waals surface area contributed by atoms with E-state index in [0.29, 0.717) is 12.3 Å². The minimum atomic E-state index is -3.79. The summed E-state index contributed by atoms with van der Waals surface area (Å²) in [5.41, 5.74) is 0.794. The van der Waals surface area contributed by atoms with Gasteiger partial charge in [0.15, 0.2) is 0 Å². The molecule has 0 bridgehead atoms. The van der Waals surface area contributed by atoms with Crippen molar-refractivity contribution in [3.05, 3.63) is 53.1 Å². The van der Waals surface area contributed by atoms with Crippen molar-refractivity contribution in [1.29, 1.82) is 0 Å². The highest BCUT2D eigenvalue weighted by molar-refractivity contribution is 7.92. The summed E-state index contributed by atoms with van der Waals surface area (Å²) in [5, 5.41) is 5.57. The molecule has 2 amide bonds. The Labute approximate surface area is 181 Å². The fourth-order valence-electron chi connectivity index (χ4n) is 2.65. The molecule has 30 heavy (non-hydrogen) atoms. The number of hydrogen-bond donors (Lipinski definition) is 2. The van der Waals surface area contributed by atoms with Crippen molar-refractivity contribution in [3.8, 4) is 5.75 Å². The van der Waals surface area contributed by atoms with Gasteiger partial charge in [-0.15, -0.1) is 0 Å². The van der Waals surface area contributed by atoms with E-state index in [2.05, 4.69) is 10.6 Å². The van der Waals surface area contributed by atoms with Gasteiger partial charge in [0.25, 0.3) is 5.91 Å². The van der Waals surface area contributed by atoms with Gasteiger partial charge in [0, 0.05) is 6.54 Å². The van der Waals surface area contributed by atoms with E-state index in [-0.39, 0.29) is 27.9 Å². The number of nitrogens with zero attached hydrogens (tertiary/aromatic N) is 1. The maximum absolute atomic E-state index is 12.6. The van der Waals surface area contributed by atoms with E-state index in [9.17, 15) is 18.0 Å². The van der Waals surface area contributed by atoms with Crippen molar-refractivity contribution in [2.45, 2.75) is 13.3 Å². The predicted octanol–water partition coefficient (Wildman–Crippen LogP) is 2.89. The van der Waals surface area contributed by atoms with E-state index in [1.54, 1.807) is 24.3 Å². The van der Waals surface area contributed by atoms with E-state index in [1.807, 2.05) is 6.92 Å². The number of anilines is 2. The zero-order valence-corrected chi connectivity index (χ0v) is 18.5. The van der Waals surface area contributed by atoms with Crippen molar-refractivity contribution in [2.75, 3.05) is 36.1 Å². The number of benzene rings is 2. The summed E-state index contributed by atoms with van der Waals surface area (Å²) in [6, 6.07) is 10.9. The monoisotopic (exact) mass is 453 g/mol. The molecule has 8 nitrogen and oxygen atoms in total. The maximum atomic E-state index is 12.6. The molecular weight excluding hydrogens is 430 g/mol. The lowest BCUT2D eigenvalue weighted by atomic mass is 10.1. The number of hydrogen-bond acceptors (Lipinski definition) is 5. The second-order valence-corrected chi connectivity index (χ2v) is 8.75. The first kappa shape index (κ1) is 23.5. The summed E-state index contributed by atoms with van der Waals surface area (Å²) in [6.45, 7) is 1.94. The van der Waals surface area contributed by atoms with Gasteiger partial charge in [0.1, 0.15) is 12.3 Å². The molecule has 0 unspecified atom stereocenters. The van der Waals surface area contributed by atoms with Gasteiger partial charge in [-0.1, -0.05) is 30.7 Å². The molecule has 0 aliphatic heterocycles. The molecular formula is C20H24ClN3O5S. The van der Waals surface area contributed by atoms with Gasteiger partial charge in [-0.25, -0.2) is 8.42 Å². The number of carbonyl (C=O) groups excluding carboxylic acids is 2. The Hall–Kier alpha value is -2.78. The summed E-state index contributed by atoms with van der Waals surface area (Å²) < 4.78 is 30.6. The van der Waals surface area contributed by atoms with Crippen LogP contribution < -0.4 is 19.7 Å². The zero-order valence-electron chi connectivity index (χ0n) is 16.9. The van der Waals surface area contributed by atoms with E-state index in [4.69, 9.17) is 16.3 Å².